The van der Waals surface area contributed by atoms with Crippen molar-refractivity contribution in [2.45, 2.75) is 18.9 Å². The highest BCUT2D eigenvalue weighted by Gasteiger charge is 2.24. The first-order valence-electron chi connectivity index (χ1n) is 5.53. The zero-order valence-corrected chi connectivity index (χ0v) is 12.3. The highest BCUT2D eigenvalue weighted by Crippen LogP contribution is 2.23. The Morgan fingerprint density at radius 3 is 2.72 bits per heavy atom. The molecule has 1 aliphatic rings. The smallest absolute Gasteiger partial charge is 0.232 e. The third-order valence-electron chi connectivity index (χ3n) is 2.79. The fourth-order valence-corrected chi connectivity index (χ4v) is 3.63. The maximum atomic E-state index is 11.3. The van der Waals surface area contributed by atoms with Gasteiger partial charge in [-0.25, -0.2) is 13.4 Å². The standard InChI is InChI=1S/C10H14BrN3O3S/c1-17-9-8(11)6-12-10(14-9)13-7-2-4-18(15,16)5-3-7/h6-7H,2-5H2,1H3,(H,12,13,14). The van der Waals surface area contributed by atoms with Gasteiger partial charge >= 0.3 is 0 Å². The summed E-state index contributed by atoms with van der Waals surface area (Å²) in [6.45, 7) is 0. The van der Waals surface area contributed by atoms with Crippen LogP contribution in [-0.4, -0.2) is 43.0 Å². The summed E-state index contributed by atoms with van der Waals surface area (Å²) in [6.07, 6.45) is 2.78. The van der Waals surface area contributed by atoms with E-state index in [1.165, 1.54) is 7.11 Å². The number of hydrogen-bond donors (Lipinski definition) is 1. The Labute approximate surface area is 114 Å². The van der Waals surface area contributed by atoms with Crippen molar-refractivity contribution < 1.29 is 13.2 Å². The van der Waals surface area contributed by atoms with Gasteiger partial charge in [0.1, 0.15) is 9.84 Å². The number of anilines is 1. The molecule has 2 heterocycles. The molecule has 100 valence electrons. The molecule has 0 spiro atoms. The van der Waals surface area contributed by atoms with Crippen LogP contribution in [0.1, 0.15) is 12.8 Å². The number of halogens is 1. The van der Waals surface area contributed by atoms with Crippen LogP contribution in [0.3, 0.4) is 0 Å². The first kappa shape index (κ1) is 13.5. The Balaban J connectivity index is 2.02. The zero-order chi connectivity index (χ0) is 13.2. The van der Waals surface area contributed by atoms with Crippen molar-refractivity contribution in [1.29, 1.82) is 0 Å². The molecule has 6 nitrogen and oxygen atoms in total. The Hall–Kier alpha value is -0.890. The number of aromatic nitrogens is 2. The Kier molecular flexibility index (Phi) is 4.06. The molecule has 0 bridgehead atoms. The molecule has 1 fully saturated rings. The lowest BCUT2D eigenvalue weighted by molar-refractivity contribution is 0.394. The summed E-state index contributed by atoms with van der Waals surface area (Å²) in [6, 6.07) is 0.0967. The first-order valence-corrected chi connectivity index (χ1v) is 8.15. The maximum absolute atomic E-state index is 11.3. The van der Waals surface area contributed by atoms with Crippen molar-refractivity contribution >= 4 is 31.7 Å². The topological polar surface area (TPSA) is 81.2 Å². The van der Waals surface area contributed by atoms with Crippen molar-refractivity contribution in [1.82, 2.24) is 9.97 Å². The summed E-state index contributed by atoms with van der Waals surface area (Å²) >= 11 is 3.27. The molecule has 1 saturated heterocycles. The Morgan fingerprint density at radius 1 is 1.44 bits per heavy atom. The maximum Gasteiger partial charge on any atom is 0.232 e. The second-order valence-corrected chi connectivity index (χ2v) is 7.28. The van der Waals surface area contributed by atoms with Crippen LogP contribution in [0.25, 0.3) is 0 Å². The highest BCUT2D eigenvalue weighted by molar-refractivity contribution is 9.10. The van der Waals surface area contributed by atoms with E-state index in [2.05, 4.69) is 31.2 Å². The molecule has 1 N–H and O–H groups in total. The molecule has 8 heteroatoms. The van der Waals surface area contributed by atoms with Crippen LogP contribution in [0.5, 0.6) is 5.88 Å². The summed E-state index contributed by atoms with van der Waals surface area (Å²) in [5, 5.41) is 3.13. The SMILES string of the molecule is COc1nc(NC2CCS(=O)(=O)CC2)ncc1Br. The molecule has 0 unspecified atom stereocenters. The second-order valence-electron chi connectivity index (χ2n) is 4.12. The van der Waals surface area contributed by atoms with E-state index in [0.29, 0.717) is 29.1 Å². The molecule has 0 saturated carbocycles. The summed E-state index contributed by atoms with van der Waals surface area (Å²) in [5.74, 6) is 1.35. The average molecular weight is 336 g/mol. The number of ether oxygens (including phenoxy) is 1. The average Bonchev–Trinajstić information content (AvgIpc) is 2.34. The van der Waals surface area contributed by atoms with Gasteiger partial charge in [0.05, 0.1) is 29.3 Å². The third-order valence-corrected chi connectivity index (χ3v) is 5.05. The van der Waals surface area contributed by atoms with Crippen molar-refractivity contribution in [3.05, 3.63) is 10.7 Å². The van der Waals surface area contributed by atoms with E-state index in [1.54, 1.807) is 6.20 Å². The van der Waals surface area contributed by atoms with Crippen LogP contribution in [0.15, 0.2) is 10.7 Å². The Morgan fingerprint density at radius 2 is 2.11 bits per heavy atom. The second kappa shape index (κ2) is 5.40. The molecule has 1 aliphatic heterocycles. The lowest BCUT2D eigenvalue weighted by Crippen LogP contribution is -2.32. The number of nitrogens with one attached hydrogen (secondary N) is 1. The fraction of sp³-hybridized carbons (Fsp3) is 0.600. The Bertz CT molecular complexity index is 521. The molecular weight excluding hydrogens is 322 g/mol. The van der Waals surface area contributed by atoms with Crippen molar-refractivity contribution in [2.75, 3.05) is 23.9 Å². The zero-order valence-electron chi connectivity index (χ0n) is 9.89. The summed E-state index contributed by atoms with van der Waals surface area (Å²) in [5.41, 5.74) is 0. The van der Waals surface area contributed by atoms with Gasteiger partial charge in [0.2, 0.25) is 11.8 Å². The van der Waals surface area contributed by atoms with Crippen LogP contribution in [0.2, 0.25) is 0 Å². The predicted molar refractivity (Wildman–Crippen MR) is 71.6 cm³/mol. The molecule has 1 aromatic rings. The molecule has 0 aromatic carbocycles. The minimum absolute atomic E-state index is 0.0967. The molecule has 0 atom stereocenters. The van der Waals surface area contributed by atoms with Gasteiger partial charge in [-0.15, -0.1) is 0 Å². The van der Waals surface area contributed by atoms with Crippen molar-refractivity contribution in [3.8, 4) is 5.88 Å². The third kappa shape index (κ3) is 3.32. The minimum atomic E-state index is -2.84. The lowest BCUT2D eigenvalue weighted by Gasteiger charge is -2.23. The number of methoxy groups -OCH3 is 1. The molecule has 0 radical (unpaired) electrons. The van der Waals surface area contributed by atoms with Gasteiger partial charge < -0.3 is 10.1 Å². The van der Waals surface area contributed by atoms with Gasteiger partial charge in [-0.1, -0.05) is 0 Å². The highest BCUT2D eigenvalue weighted by atomic mass is 79.9. The van der Waals surface area contributed by atoms with Crippen LogP contribution >= 0.6 is 15.9 Å². The number of rotatable bonds is 3. The van der Waals surface area contributed by atoms with E-state index in [4.69, 9.17) is 4.74 Å². The van der Waals surface area contributed by atoms with E-state index in [-0.39, 0.29) is 17.5 Å². The van der Waals surface area contributed by atoms with Gasteiger partial charge in [0.15, 0.2) is 0 Å². The van der Waals surface area contributed by atoms with Gasteiger partial charge in [-0.2, -0.15) is 4.98 Å². The normalized spacial score (nSPS) is 19.4. The van der Waals surface area contributed by atoms with E-state index in [0.717, 1.165) is 0 Å². The quantitative estimate of drug-likeness (QED) is 0.894. The molecule has 0 aliphatic carbocycles. The number of hydrogen-bond acceptors (Lipinski definition) is 6. The predicted octanol–water partition coefficient (Wildman–Crippen LogP) is 1.24. The number of sulfone groups is 1. The molecule has 1 aromatic heterocycles. The molecule has 18 heavy (non-hydrogen) atoms. The van der Waals surface area contributed by atoms with E-state index in [9.17, 15) is 8.42 Å². The van der Waals surface area contributed by atoms with Crippen LogP contribution < -0.4 is 10.1 Å². The molecular formula is C10H14BrN3O3S. The van der Waals surface area contributed by atoms with Gasteiger partial charge in [-0.05, 0) is 28.8 Å². The van der Waals surface area contributed by atoms with Gasteiger partial charge in [0, 0.05) is 6.04 Å². The monoisotopic (exact) mass is 335 g/mol. The van der Waals surface area contributed by atoms with E-state index < -0.39 is 9.84 Å². The van der Waals surface area contributed by atoms with Crippen LogP contribution in [-0.2, 0) is 9.84 Å². The van der Waals surface area contributed by atoms with Gasteiger partial charge in [-0.3, -0.25) is 0 Å². The number of nitrogens with zero attached hydrogens (tertiary/aromatic N) is 2. The lowest BCUT2D eigenvalue weighted by atomic mass is 10.2. The van der Waals surface area contributed by atoms with Crippen LogP contribution in [0.4, 0.5) is 5.95 Å². The van der Waals surface area contributed by atoms with Crippen LogP contribution in [0, 0.1) is 0 Å². The minimum Gasteiger partial charge on any atom is -0.480 e. The summed E-state index contributed by atoms with van der Waals surface area (Å²) in [4.78, 5) is 8.30. The van der Waals surface area contributed by atoms with E-state index >= 15 is 0 Å². The first-order chi connectivity index (χ1) is 8.50. The molecule has 0 amide bonds. The largest absolute Gasteiger partial charge is 0.480 e. The van der Waals surface area contributed by atoms with E-state index in [1.807, 2.05) is 0 Å². The molecule has 2 rings (SSSR count). The summed E-state index contributed by atoms with van der Waals surface area (Å²) in [7, 11) is -1.31. The van der Waals surface area contributed by atoms with Crippen molar-refractivity contribution in [2.24, 2.45) is 0 Å². The fourth-order valence-electron chi connectivity index (χ4n) is 1.78. The van der Waals surface area contributed by atoms with Crippen molar-refractivity contribution in [3.63, 3.8) is 0 Å². The summed E-state index contributed by atoms with van der Waals surface area (Å²) < 4.78 is 28.4. The van der Waals surface area contributed by atoms with Gasteiger partial charge in [0.25, 0.3) is 0 Å².